The van der Waals surface area contributed by atoms with Crippen molar-refractivity contribution in [2.45, 2.75) is 18.6 Å². The molecule has 1 fully saturated rings. The van der Waals surface area contributed by atoms with Crippen molar-refractivity contribution in [3.05, 3.63) is 28.5 Å². The fourth-order valence-corrected chi connectivity index (χ4v) is 2.11. The van der Waals surface area contributed by atoms with E-state index in [4.69, 9.17) is 14.2 Å². The van der Waals surface area contributed by atoms with Crippen LogP contribution in [0.15, 0.2) is 22.7 Å². The average Bonchev–Trinajstić information content (AvgIpc) is 2.38. The van der Waals surface area contributed by atoms with Crippen molar-refractivity contribution in [3.63, 3.8) is 0 Å². The van der Waals surface area contributed by atoms with Crippen LogP contribution in [0.5, 0.6) is 5.75 Å². The predicted octanol–water partition coefficient (Wildman–Crippen LogP) is 2.34. The van der Waals surface area contributed by atoms with E-state index in [9.17, 15) is 9.18 Å². The Morgan fingerprint density at radius 3 is 2.84 bits per heavy atom. The maximum absolute atomic E-state index is 13.1. The molecule has 0 bridgehead atoms. The molecule has 1 saturated carbocycles. The Kier molecular flexibility index (Phi) is 4.90. The standard InChI is InChI=1S/C13H14BrFO4/c1-17-4-5-18-13-11(16)7-12(13)19-8-2-3-10(15)9(14)6-8/h2-3,6,12-13H,4-5,7H2,1H3. The van der Waals surface area contributed by atoms with E-state index in [-0.39, 0.29) is 17.7 Å². The fraction of sp³-hybridized carbons (Fsp3) is 0.462. The molecule has 2 unspecified atom stereocenters. The van der Waals surface area contributed by atoms with Crippen LogP contribution in [0.3, 0.4) is 0 Å². The zero-order chi connectivity index (χ0) is 13.8. The second-order valence-electron chi connectivity index (χ2n) is 4.19. The largest absolute Gasteiger partial charge is 0.487 e. The molecule has 0 N–H and O–H groups in total. The van der Waals surface area contributed by atoms with Gasteiger partial charge in [0.15, 0.2) is 11.9 Å². The van der Waals surface area contributed by atoms with Crippen LogP contribution >= 0.6 is 15.9 Å². The topological polar surface area (TPSA) is 44.8 Å². The van der Waals surface area contributed by atoms with Gasteiger partial charge in [-0.2, -0.15) is 0 Å². The van der Waals surface area contributed by atoms with Gasteiger partial charge in [-0.15, -0.1) is 0 Å². The Bertz CT molecular complexity index is 466. The van der Waals surface area contributed by atoms with Gasteiger partial charge < -0.3 is 14.2 Å². The number of hydrogen-bond acceptors (Lipinski definition) is 4. The summed E-state index contributed by atoms with van der Waals surface area (Å²) in [6.45, 7) is 0.776. The molecule has 4 nitrogen and oxygen atoms in total. The lowest BCUT2D eigenvalue weighted by molar-refractivity contribution is -0.156. The minimum Gasteiger partial charge on any atom is -0.487 e. The van der Waals surface area contributed by atoms with Gasteiger partial charge in [0.1, 0.15) is 17.7 Å². The Morgan fingerprint density at radius 2 is 2.21 bits per heavy atom. The molecule has 1 aromatic rings. The first-order chi connectivity index (χ1) is 9.11. The molecule has 0 saturated heterocycles. The first-order valence-corrected chi connectivity index (χ1v) is 6.66. The normalized spacial score (nSPS) is 22.2. The lowest BCUT2D eigenvalue weighted by Gasteiger charge is -2.34. The van der Waals surface area contributed by atoms with E-state index in [0.717, 1.165) is 0 Å². The van der Waals surface area contributed by atoms with Crippen LogP contribution in [0, 0.1) is 5.82 Å². The zero-order valence-electron chi connectivity index (χ0n) is 10.4. The van der Waals surface area contributed by atoms with Crippen molar-refractivity contribution < 1.29 is 23.4 Å². The van der Waals surface area contributed by atoms with E-state index in [1.165, 1.54) is 18.2 Å². The number of benzene rings is 1. The smallest absolute Gasteiger partial charge is 0.169 e. The highest BCUT2D eigenvalue weighted by Crippen LogP contribution is 2.28. The van der Waals surface area contributed by atoms with Crippen LogP contribution in [0.1, 0.15) is 6.42 Å². The highest BCUT2D eigenvalue weighted by molar-refractivity contribution is 9.10. The van der Waals surface area contributed by atoms with Crippen molar-refractivity contribution in [1.82, 2.24) is 0 Å². The average molecular weight is 333 g/mol. The highest BCUT2D eigenvalue weighted by atomic mass is 79.9. The van der Waals surface area contributed by atoms with Crippen molar-refractivity contribution in [2.24, 2.45) is 0 Å². The van der Waals surface area contributed by atoms with Gasteiger partial charge in [0.05, 0.1) is 17.7 Å². The number of rotatable bonds is 6. The van der Waals surface area contributed by atoms with Gasteiger partial charge in [0.25, 0.3) is 0 Å². The third-order valence-electron chi connectivity index (χ3n) is 2.82. The maximum Gasteiger partial charge on any atom is 0.169 e. The van der Waals surface area contributed by atoms with Crippen LogP contribution in [-0.2, 0) is 14.3 Å². The number of carbonyl (C=O) groups is 1. The molecule has 2 rings (SSSR count). The summed E-state index contributed by atoms with van der Waals surface area (Å²) in [5.74, 6) is 0.165. The van der Waals surface area contributed by atoms with E-state index >= 15 is 0 Å². The lowest BCUT2D eigenvalue weighted by atomic mass is 9.90. The molecule has 0 aromatic heterocycles. The molecule has 1 aromatic carbocycles. The number of Topliss-reactive ketones (excluding diaryl/α,β-unsaturated/α-hetero) is 1. The van der Waals surface area contributed by atoms with Crippen LogP contribution < -0.4 is 4.74 Å². The van der Waals surface area contributed by atoms with Gasteiger partial charge >= 0.3 is 0 Å². The predicted molar refractivity (Wildman–Crippen MR) is 69.8 cm³/mol. The first kappa shape index (κ1) is 14.4. The summed E-state index contributed by atoms with van der Waals surface area (Å²) < 4.78 is 29.3. The Hall–Kier alpha value is -0.980. The molecule has 1 aliphatic carbocycles. The van der Waals surface area contributed by atoms with Crippen LogP contribution in [0.4, 0.5) is 4.39 Å². The number of methoxy groups -OCH3 is 1. The van der Waals surface area contributed by atoms with Gasteiger partial charge in [-0.3, -0.25) is 4.79 Å². The SMILES string of the molecule is COCCOC1C(=O)CC1Oc1ccc(F)c(Br)c1. The summed E-state index contributed by atoms with van der Waals surface area (Å²) in [7, 11) is 1.57. The van der Waals surface area contributed by atoms with Crippen molar-refractivity contribution >= 4 is 21.7 Å². The van der Waals surface area contributed by atoms with Gasteiger partial charge in [-0.1, -0.05) is 0 Å². The van der Waals surface area contributed by atoms with E-state index in [1.807, 2.05) is 0 Å². The second kappa shape index (κ2) is 6.45. The Labute approximate surface area is 119 Å². The van der Waals surface area contributed by atoms with Crippen molar-refractivity contribution in [1.29, 1.82) is 0 Å². The number of halogens is 2. The monoisotopic (exact) mass is 332 g/mol. The van der Waals surface area contributed by atoms with E-state index < -0.39 is 6.10 Å². The minimum absolute atomic E-state index is 0.0160. The molecule has 6 heteroatoms. The molecule has 0 spiro atoms. The molecular weight excluding hydrogens is 319 g/mol. The van der Waals surface area contributed by atoms with Crippen LogP contribution in [-0.4, -0.2) is 38.3 Å². The summed E-state index contributed by atoms with van der Waals surface area (Å²) in [5, 5.41) is 0. The molecule has 0 radical (unpaired) electrons. The Balaban J connectivity index is 1.91. The first-order valence-electron chi connectivity index (χ1n) is 5.87. The molecule has 0 aliphatic heterocycles. The third kappa shape index (κ3) is 3.52. The van der Waals surface area contributed by atoms with E-state index in [0.29, 0.717) is 29.9 Å². The molecule has 2 atom stereocenters. The fourth-order valence-electron chi connectivity index (χ4n) is 1.76. The third-order valence-corrected chi connectivity index (χ3v) is 3.43. The molecular formula is C13H14BrFO4. The quantitative estimate of drug-likeness (QED) is 0.750. The molecule has 19 heavy (non-hydrogen) atoms. The van der Waals surface area contributed by atoms with Gasteiger partial charge in [0, 0.05) is 13.5 Å². The summed E-state index contributed by atoms with van der Waals surface area (Å²) in [5.41, 5.74) is 0. The summed E-state index contributed by atoms with van der Waals surface area (Å²) in [6, 6.07) is 4.36. The number of hydrogen-bond donors (Lipinski definition) is 0. The number of ether oxygens (including phenoxy) is 3. The summed E-state index contributed by atoms with van der Waals surface area (Å²) in [6.07, 6.45) is -0.562. The van der Waals surface area contributed by atoms with Gasteiger partial charge in [0.2, 0.25) is 0 Å². The maximum atomic E-state index is 13.1. The number of carbonyl (C=O) groups excluding carboxylic acids is 1. The van der Waals surface area contributed by atoms with Crippen LogP contribution in [0.2, 0.25) is 0 Å². The number of ketones is 1. The summed E-state index contributed by atoms with van der Waals surface area (Å²) >= 11 is 3.08. The van der Waals surface area contributed by atoms with Gasteiger partial charge in [-0.25, -0.2) is 4.39 Å². The van der Waals surface area contributed by atoms with Crippen LogP contribution in [0.25, 0.3) is 0 Å². The van der Waals surface area contributed by atoms with Gasteiger partial charge in [-0.05, 0) is 34.1 Å². The molecule has 1 aliphatic rings. The molecule has 0 heterocycles. The Morgan fingerprint density at radius 1 is 1.42 bits per heavy atom. The van der Waals surface area contributed by atoms with E-state index in [1.54, 1.807) is 7.11 Å². The summed E-state index contributed by atoms with van der Waals surface area (Å²) in [4.78, 5) is 11.4. The minimum atomic E-state index is -0.557. The lowest BCUT2D eigenvalue weighted by Crippen LogP contribution is -2.52. The van der Waals surface area contributed by atoms with Crippen molar-refractivity contribution in [3.8, 4) is 5.75 Å². The molecule has 104 valence electrons. The van der Waals surface area contributed by atoms with Crippen molar-refractivity contribution in [2.75, 3.05) is 20.3 Å². The zero-order valence-corrected chi connectivity index (χ0v) is 12.0. The second-order valence-corrected chi connectivity index (χ2v) is 5.04. The highest BCUT2D eigenvalue weighted by Gasteiger charge is 2.42. The molecule has 0 amide bonds. The van der Waals surface area contributed by atoms with E-state index in [2.05, 4.69) is 15.9 Å².